The molecular weight excluding hydrogens is 393 g/mol. The minimum absolute atomic E-state index is 0.146. The third-order valence-corrected chi connectivity index (χ3v) is 4.71. The molecule has 0 fully saturated rings. The van der Waals surface area contributed by atoms with E-state index in [-0.39, 0.29) is 11.4 Å². The molecule has 0 spiro atoms. The molecule has 0 radical (unpaired) electrons. The number of rotatable bonds is 8. The third kappa shape index (κ3) is 5.91. The second-order valence-electron chi connectivity index (χ2n) is 5.74. The van der Waals surface area contributed by atoms with Crippen molar-refractivity contribution in [3.63, 3.8) is 0 Å². The van der Waals surface area contributed by atoms with Crippen molar-refractivity contribution in [1.82, 2.24) is 0 Å². The molecule has 0 aliphatic heterocycles. The first-order valence-corrected chi connectivity index (χ1v) is 9.29. The molecule has 0 aliphatic carbocycles. The molecular formula is C19H18F3N2O3S-. The minimum atomic E-state index is -4.49. The molecule has 9 heteroatoms. The van der Waals surface area contributed by atoms with Crippen LogP contribution in [0.25, 0.3) is 0 Å². The fraction of sp³-hybridized carbons (Fsp3) is 0.263. The van der Waals surface area contributed by atoms with Gasteiger partial charge in [-0.3, -0.25) is 5.43 Å². The van der Waals surface area contributed by atoms with E-state index in [0.29, 0.717) is 22.8 Å². The zero-order chi connectivity index (χ0) is 20.7. The maximum atomic E-state index is 13.1. The number of halogens is 3. The number of hydrogen-bond donors (Lipinski definition) is 1. The number of benzene rings is 2. The maximum Gasteiger partial charge on any atom is 0.418 e. The van der Waals surface area contributed by atoms with Crippen molar-refractivity contribution in [3.8, 4) is 5.75 Å². The Labute approximate surface area is 164 Å². The number of anilines is 1. The Hall–Kier alpha value is -2.68. The van der Waals surface area contributed by atoms with Gasteiger partial charge >= 0.3 is 6.18 Å². The largest absolute Gasteiger partial charge is 0.549 e. The summed E-state index contributed by atoms with van der Waals surface area (Å²) in [6.07, 6.45) is -4.49. The fourth-order valence-electron chi connectivity index (χ4n) is 2.40. The monoisotopic (exact) mass is 411 g/mol. The van der Waals surface area contributed by atoms with E-state index in [1.54, 1.807) is 25.1 Å². The Bertz CT molecular complexity index is 870. The first kappa shape index (κ1) is 21.6. The Morgan fingerprint density at radius 3 is 2.61 bits per heavy atom. The standard InChI is InChI=1S/C19H19F3N2O3S/c1-12(23-24-16-6-4-3-5-15(16)19(20,21)22)13-7-8-17(27-2)14(9-13)10-28-11-18(25)26/h3-9,24H,10-11H2,1-2H3,(H,25,26)/p-1/b23-12-. The summed E-state index contributed by atoms with van der Waals surface area (Å²) in [5.74, 6) is -0.359. The molecule has 150 valence electrons. The highest BCUT2D eigenvalue weighted by Gasteiger charge is 2.33. The van der Waals surface area contributed by atoms with Crippen LogP contribution < -0.4 is 15.3 Å². The lowest BCUT2D eigenvalue weighted by atomic mass is 10.1. The number of carbonyl (C=O) groups is 1. The molecule has 2 rings (SSSR count). The summed E-state index contributed by atoms with van der Waals surface area (Å²) in [6.45, 7) is 1.66. The van der Waals surface area contributed by atoms with Gasteiger partial charge in [0.1, 0.15) is 5.75 Å². The van der Waals surface area contributed by atoms with E-state index < -0.39 is 17.7 Å². The van der Waals surface area contributed by atoms with E-state index in [9.17, 15) is 23.1 Å². The summed E-state index contributed by atoms with van der Waals surface area (Å²) < 4.78 is 44.4. The highest BCUT2D eigenvalue weighted by atomic mass is 32.2. The van der Waals surface area contributed by atoms with E-state index in [2.05, 4.69) is 10.5 Å². The van der Waals surface area contributed by atoms with Crippen molar-refractivity contribution < 1.29 is 27.8 Å². The average Bonchev–Trinajstić information content (AvgIpc) is 2.65. The molecule has 0 heterocycles. The van der Waals surface area contributed by atoms with Gasteiger partial charge in [0.05, 0.1) is 30.0 Å². The second-order valence-corrected chi connectivity index (χ2v) is 6.73. The van der Waals surface area contributed by atoms with Crippen LogP contribution in [0.1, 0.15) is 23.6 Å². The van der Waals surface area contributed by atoms with E-state index >= 15 is 0 Å². The lowest BCUT2D eigenvalue weighted by Gasteiger charge is -2.13. The number of para-hydroxylation sites is 1. The second kappa shape index (κ2) is 9.50. The number of alkyl halides is 3. The van der Waals surface area contributed by atoms with Gasteiger partial charge in [-0.25, -0.2) is 0 Å². The number of carboxylic acids is 1. The van der Waals surface area contributed by atoms with E-state index in [1.807, 2.05) is 0 Å². The van der Waals surface area contributed by atoms with Crippen molar-refractivity contribution in [2.75, 3.05) is 18.3 Å². The summed E-state index contributed by atoms with van der Waals surface area (Å²) >= 11 is 1.16. The SMILES string of the molecule is COc1ccc(/C(C)=N\Nc2ccccc2C(F)(F)F)cc1CSCC(=O)[O-]. The van der Waals surface area contributed by atoms with Crippen molar-refractivity contribution >= 4 is 29.1 Å². The molecule has 1 N–H and O–H groups in total. The molecule has 28 heavy (non-hydrogen) atoms. The molecule has 2 aromatic rings. The normalized spacial score (nSPS) is 12.0. The van der Waals surface area contributed by atoms with Gasteiger partial charge in [-0.05, 0) is 42.8 Å². The van der Waals surface area contributed by atoms with Crippen LogP contribution in [-0.4, -0.2) is 24.5 Å². The Balaban J connectivity index is 2.22. The number of carboxylic acid groups (broad SMARTS) is 1. The summed E-state index contributed by atoms with van der Waals surface area (Å²) in [4.78, 5) is 10.6. The van der Waals surface area contributed by atoms with Crippen LogP contribution in [0.2, 0.25) is 0 Å². The van der Waals surface area contributed by atoms with Crippen molar-refractivity contribution in [2.24, 2.45) is 5.10 Å². The van der Waals surface area contributed by atoms with Crippen LogP contribution in [0.4, 0.5) is 18.9 Å². The molecule has 0 aromatic heterocycles. The Kier molecular flexibility index (Phi) is 7.33. The van der Waals surface area contributed by atoms with Crippen LogP contribution in [0.15, 0.2) is 47.6 Å². The van der Waals surface area contributed by atoms with Crippen LogP contribution in [0.5, 0.6) is 5.75 Å². The van der Waals surface area contributed by atoms with Crippen molar-refractivity contribution in [2.45, 2.75) is 18.9 Å². The van der Waals surface area contributed by atoms with E-state index in [4.69, 9.17) is 4.74 Å². The zero-order valence-corrected chi connectivity index (χ0v) is 16.0. The summed E-state index contributed by atoms with van der Waals surface area (Å²) in [5.41, 5.74) is 3.40. The van der Waals surface area contributed by atoms with Gasteiger partial charge in [0, 0.05) is 17.1 Å². The van der Waals surface area contributed by atoms with Gasteiger partial charge in [-0.15, -0.1) is 0 Å². The molecule has 5 nitrogen and oxygen atoms in total. The minimum Gasteiger partial charge on any atom is -0.549 e. The predicted molar refractivity (Wildman–Crippen MR) is 101 cm³/mol. The number of hydrazone groups is 1. The van der Waals surface area contributed by atoms with Gasteiger partial charge in [-0.1, -0.05) is 12.1 Å². The van der Waals surface area contributed by atoms with Gasteiger partial charge in [0.2, 0.25) is 0 Å². The molecule has 2 aromatic carbocycles. The molecule has 0 unspecified atom stereocenters. The number of hydrogen-bond acceptors (Lipinski definition) is 6. The summed E-state index contributed by atoms with van der Waals surface area (Å²) in [5, 5.41) is 14.6. The summed E-state index contributed by atoms with van der Waals surface area (Å²) in [7, 11) is 1.50. The van der Waals surface area contributed by atoms with Gasteiger partial charge in [0.15, 0.2) is 0 Å². The first-order valence-electron chi connectivity index (χ1n) is 8.13. The van der Waals surface area contributed by atoms with Crippen molar-refractivity contribution in [1.29, 1.82) is 0 Å². The number of nitrogens with one attached hydrogen (secondary N) is 1. The molecule has 0 saturated carbocycles. The smallest absolute Gasteiger partial charge is 0.418 e. The van der Waals surface area contributed by atoms with Crippen LogP contribution in [0, 0.1) is 0 Å². The van der Waals surface area contributed by atoms with Crippen LogP contribution >= 0.6 is 11.8 Å². The van der Waals surface area contributed by atoms with Gasteiger partial charge in [0.25, 0.3) is 0 Å². The molecule has 0 aliphatic rings. The van der Waals surface area contributed by atoms with Crippen LogP contribution in [-0.2, 0) is 16.7 Å². The van der Waals surface area contributed by atoms with E-state index in [1.165, 1.54) is 25.3 Å². The number of aliphatic carboxylic acids is 1. The third-order valence-electron chi connectivity index (χ3n) is 3.75. The highest BCUT2D eigenvalue weighted by Crippen LogP contribution is 2.34. The number of thioether (sulfide) groups is 1. The molecule has 0 atom stereocenters. The average molecular weight is 411 g/mol. The van der Waals surface area contributed by atoms with Gasteiger partial charge in [-0.2, -0.15) is 30.0 Å². The maximum absolute atomic E-state index is 13.1. The van der Waals surface area contributed by atoms with Gasteiger partial charge < -0.3 is 14.6 Å². The fourth-order valence-corrected chi connectivity index (χ4v) is 3.11. The topological polar surface area (TPSA) is 73.8 Å². The Morgan fingerprint density at radius 2 is 1.96 bits per heavy atom. The lowest BCUT2D eigenvalue weighted by Crippen LogP contribution is -2.24. The number of nitrogens with zero attached hydrogens (tertiary/aromatic N) is 1. The first-order chi connectivity index (χ1) is 13.2. The summed E-state index contributed by atoms with van der Waals surface area (Å²) in [6, 6.07) is 10.3. The van der Waals surface area contributed by atoms with Crippen molar-refractivity contribution in [3.05, 3.63) is 59.2 Å². The lowest BCUT2D eigenvalue weighted by molar-refractivity contribution is -0.301. The highest BCUT2D eigenvalue weighted by molar-refractivity contribution is 7.99. The Morgan fingerprint density at radius 1 is 1.25 bits per heavy atom. The number of ether oxygens (including phenoxy) is 1. The quantitative estimate of drug-likeness (QED) is 0.531. The molecule has 0 saturated heterocycles. The molecule has 0 bridgehead atoms. The zero-order valence-electron chi connectivity index (χ0n) is 15.2. The predicted octanol–water partition coefficient (Wildman–Crippen LogP) is 3.53. The van der Waals surface area contributed by atoms with Crippen LogP contribution in [0.3, 0.4) is 0 Å². The number of methoxy groups -OCH3 is 1. The number of carbonyl (C=O) groups excluding carboxylic acids is 1. The van der Waals surface area contributed by atoms with E-state index in [0.717, 1.165) is 23.4 Å². The molecule has 0 amide bonds.